The van der Waals surface area contributed by atoms with Crippen LogP contribution >= 0.6 is 15.9 Å². The molecule has 0 atom stereocenters. The van der Waals surface area contributed by atoms with Gasteiger partial charge in [-0.25, -0.2) is 8.42 Å². The fourth-order valence-electron chi connectivity index (χ4n) is 3.79. The van der Waals surface area contributed by atoms with E-state index in [9.17, 15) is 18.0 Å². The van der Waals surface area contributed by atoms with Crippen molar-refractivity contribution in [3.63, 3.8) is 0 Å². The number of H-pyrrole nitrogens is 1. The molecule has 1 fully saturated rings. The van der Waals surface area contributed by atoms with Crippen molar-refractivity contribution in [2.75, 3.05) is 47.4 Å². The van der Waals surface area contributed by atoms with E-state index >= 15 is 0 Å². The molecule has 1 aliphatic heterocycles. The Morgan fingerprint density at radius 2 is 1.77 bits per heavy atom. The Kier molecular flexibility index (Phi) is 7.08. The molecule has 13 heteroatoms. The molecule has 1 aromatic carbocycles. The van der Waals surface area contributed by atoms with Gasteiger partial charge in [-0.1, -0.05) is 15.9 Å². The van der Waals surface area contributed by atoms with Crippen molar-refractivity contribution in [3.8, 4) is 11.4 Å². The third kappa shape index (κ3) is 6.17. The van der Waals surface area contributed by atoms with E-state index in [0.717, 1.165) is 25.0 Å². The number of sulfonamides is 1. The monoisotopic (exact) mass is 561 g/mol. The molecule has 2 amide bonds. The first-order valence-corrected chi connectivity index (χ1v) is 13.4. The number of halogens is 1. The summed E-state index contributed by atoms with van der Waals surface area (Å²) < 4.78 is 26.1. The standard InChI is InChI=1S/C22H24BrN7O4S/c1-14(31)29-5-7-30(8-6-29)18-3-4-20(24-12-18)21-19(13-25-27-21)22(32)26-16-9-15(23)10-17(11-16)28-35(2,33)34/h3-4,9-13,28H,5-8H2,1-2H3,(H,25,27)(H,26,32). The average molecular weight is 562 g/mol. The third-order valence-corrected chi connectivity index (χ3v) is 6.50. The van der Waals surface area contributed by atoms with Gasteiger partial charge < -0.3 is 15.1 Å². The number of pyridine rings is 1. The van der Waals surface area contributed by atoms with E-state index in [0.29, 0.717) is 40.3 Å². The van der Waals surface area contributed by atoms with Gasteiger partial charge in [0.05, 0.1) is 47.0 Å². The maximum absolute atomic E-state index is 13.0. The number of benzene rings is 1. The molecule has 1 saturated heterocycles. The zero-order valence-electron chi connectivity index (χ0n) is 19.1. The normalized spacial score (nSPS) is 14.0. The summed E-state index contributed by atoms with van der Waals surface area (Å²) in [7, 11) is -3.47. The highest BCUT2D eigenvalue weighted by molar-refractivity contribution is 9.10. The molecule has 4 rings (SSSR count). The minimum absolute atomic E-state index is 0.0777. The van der Waals surface area contributed by atoms with Crippen LogP contribution in [0.4, 0.5) is 17.1 Å². The topological polar surface area (TPSA) is 140 Å². The molecule has 11 nitrogen and oxygen atoms in total. The fourth-order valence-corrected chi connectivity index (χ4v) is 4.83. The van der Waals surface area contributed by atoms with Crippen LogP contribution in [0.1, 0.15) is 17.3 Å². The molecule has 3 aromatic rings. The Labute approximate surface area is 211 Å². The van der Waals surface area contributed by atoms with E-state index in [4.69, 9.17) is 0 Å². The van der Waals surface area contributed by atoms with Gasteiger partial charge in [-0.05, 0) is 30.3 Å². The molecule has 2 aromatic heterocycles. The molecule has 0 saturated carbocycles. The second-order valence-corrected chi connectivity index (χ2v) is 10.8. The van der Waals surface area contributed by atoms with Crippen LogP contribution in [-0.4, -0.2) is 72.7 Å². The van der Waals surface area contributed by atoms with E-state index in [1.807, 2.05) is 17.0 Å². The number of carbonyl (C=O) groups is 2. The lowest BCUT2D eigenvalue weighted by molar-refractivity contribution is -0.129. The van der Waals surface area contributed by atoms with Crippen LogP contribution in [0.2, 0.25) is 0 Å². The minimum atomic E-state index is -3.47. The summed E-state index contributed by atoms with van der Waals surface area (Å²) >= 11 is 3.32. The van der Waals surface area contributed by atoms with Gasteiger partial charge in [-0.15, -0.1) is 0 Å². The Bertz CT molecular complexity index is 1350. The highest BCUT2D eigenvalue weighted by atomic mass is 79.9. The molecule has 184 valence electrons. The largest absolute Gasteiger partial charge is 0.367 e. The summed E-state index contributed by atoms with van der Waals surface area (Å²) in [4.78, 5) is 33.0. The van der Waals surface area contributed by atoms with Crippen molar-refractivity contribution in [1.82, 2.24) is 20.1 Å². The van der Waals surface area contributed by atoms with Gasteiger partial charge in [-0.2, -0.15) is 5.10 Å². The van der Waals surface area contributed by atoms with Gasteiger partial charge in [0.1, 0.15) is 0 Å². The number of aromatic nitrogens is 3. The van der Waals surface area contributed by atoms with Crippen molar-refractivity contribution in [3.05, 3.63) is 52.8 Å². The molecule has 1 aliphatic rings. The number of hydrogen-bond donors (Lipinski definition) is 3. The van der Waals surface area contributed by atoms with Gasteiger partial charge in [0.15, 0.2) is 0 Å². The van der Waals surface area contributed by atoms with Crippen LogP contribution < -0.4 is 14.9 Å². The number of nitrogens with zero attached hydrogens (tertiary/aromatic N) is 4. The Morgan fingerprint density at radius 1 is 1.06 bits per heavy atom. The number of nitrogens with one attached hydrogen (secondary N) is 3. The SMILES string of the molecule is CC(=O)N1CCN(c2ccc(-c3[nH]ncc3C(=O)Nc3cc(Br)cc(NS(C)(=O)=O)c3)nc2)CC1. The van der Waals surface area contributed by atoms with Crippen LogP contribution in [0.25, 0.3) is 11.4 Å². The Hall–Kier alpha value is -3.45. The number of piperazine rings is 1. The Morgan fingerprint density at radius 3 is 2.40 bits per heavy atom. The van der Waals surface area contributed by atoms with E-state index in [1.54, 1.807) is 25.3 Å². The lowest BCUT2D eigenvalue weighted by Crippen LogP contribution is -2.48. The molecule has 0 unspecified atom stereocenters. The summed E-state index contributed by atoms with van der Waals surface area (Å²) in [5.41, 5.74) is 2.94. The van der Waals surface area contributed by atoms with Crippen LogP contribution in [0.3, 0.4) is 0 Å². The number of anilines is 3. The highest BCUT2D eigenvalue weighted by Gasteiger charge is 2.20. The van der Waals surface area contributed by atoms with Crippen LogP contribution in [0, 0.1) is 0 Å². The molecule has 0 spiro atoms. The first-order chi connectivity index (χ1) is 16.6. The van der Waals surface area contributed by atoms with Gasteiger partial charge >= 0.3 is 0 Å². The van der Waals surface area contributed by atoms with Crippen molar-refractivity contribution < 1.29 is 18.0 Å². The lowest BCUT2D eigenvalue weighted by Gasteiger charge is -2.35. The van der Waals surface area contributed by atoms with Crippen molar-refractivity contribution in [1.29, 1.82) is 0 Å². The summed E-state index contributed by atoms with van der Waals surface area (Å²) in [6, 6.07) is 8.49. The molecule has 0 bridgehead atoms. The second kappa shape index (κ2) is 10.0. The van der Waals surface area contributed by atoms with Gasteiger partial charge in [-0.3, -0.25) is 24.4 Å². The van der Waals surface area contributed by atoms with Crippen molar-refractivity contribution in [2.24, 2.45) is 0 Å². The fraction of sp³-hybridized carbons (Fsp3) is 0.273. The molecule has 3 heterocycles. The average Bonchev–Trinajstić information content (AvgIpc) is 3.28. The number of rotatable bonds is 6. The van der Waals surface area contributed by atoms with Crippen LogP contribution in [-0.2, 0) is 14.8 Å². The first kappa shape index (κ1) is 24.7. The molecular weight excluding hydrogens is 538 g/mol. The molecule has 35 heavy (non-hydrogen) atoms. The Balaban J connectivity index is 1.48. The lowest BCUT2D eigenvalue weighted by atomic mass is 10.1. The van der Waals surface area contributed by atoms with Crippen molar-refractivity contribution >= 4 is 54.8 Å². The van der Waals surface area contributed by atoms with E-state index in [-0.39, 0.29) is 11.5 Å². The maximum atomic E-state index is 13.0. The number of hydrogen-bond acceptors (Lipinski definition) is 7. The van der Waals surface area contributed by atoms with E-state index in [1.165, 1.54) is 12.3 Å². The van der Waals surface area contributed by atoms with Gasteiger partial charge in [0.2, 0.25) is 15.9 Å². The van der Waals surface area contributed by atoms with Crippen LogP contribution in [0.5, 0.6) is 0 Å². The van der Waals surface area contributed by atoms with Gasteiger partial charge in [0, 0.05) is 43.3 Å². The van der Waals surface area contributed by atoms with E-state index < -0.39 is 15.9 Å². The summed E-state index contributed by atoms with van der Waals surface area (Å²) in [5, 5.41) is 9.60. The molecule has 3 N–H and O–H groups in total. The van der Waals surface area contributed by atoms with Gasteiger partial charge in [0.25, 0.3) is 5.91 Å². The number of amides is 2. The zero-order valence-corrected chi connectivity index (χ0v) is 21.5. The smallest absolute Gasteiger partial charge is 0.259 e. The quantitative estimate of drug-likeness (QED) is 0.420. The molecular formula is C22H24BrN7O4S. The summed E-state index contributed by atoms with van der Waals surface area (Å²) in [6.07, 6.45) is 4.20. The maximum Gasteiger partial charge on any atom is 0.259 e. The molecule has 0 radical (unpaired) electrons. The van der Waals surface area contributed by atoms with Crippen molar-refractivity contribution in [2.45, 2.75) is 6.92 Å². The predicted molar refractivity (Wildman–Crippen MR) is 137 cm³/mol. The highest BCUT2D eigenvalue weighted by Crippen LogP contribution is 2.26. The first-order valence-electron chi connectivity index (χ1n) is 10.7. The number of aromatic amines is 1. The number of carbonyl (C=O) groups excluding carboxylic acids is 2. The third-order valence-electron chi connectivity index (χ3n) is 5.44. The zero-order chi connectivity index (χ0) is 25.2. The minimum Gasteiger partial charge on any atom is -0.367 e. The summed E-state index contributed by atoms with van der Waals surface area (Å²) in [5.74, 6) is -0.350. The second-order valence-electron chi connectivity index (χ2n) is 8.11. The van der Waals surface area contributed by atoms with Crippen LogP contribution in [0.15, 0.2) is 47.2 Å². The summed E-state index contributed by atoms with van der Waals surface area (Å²) in [6.45, 7) is 4.35. The molecule has 0 aliphatic carbocycles. The van der Waals surface area contributed by atoms with E-state index in [2.05, 4.69) is 46.1 Å². The predicted octanol–water partition coefficient (Wildman–Crippen LogP) is 2.53.